The van der Waals surface area contributed by atoms with Gasteiger partial charge in [-0.05, 0) is 0 Å². The highest BCUT2D eigenvalue weighted by molar-refractivity contribution is 7.91. The van der Waals surface area contributed by atoms with E-state index in [0.717, 1.165) is 5.51 Å². The minimum Gasteiger partial charge on any atom is -0.476 e. The highest BCUT2D eigenvalue weighted by Gasteiger charge is 2.21. The summed E-state index contributed by atoms with van der Waals surface area (Å²) < 4.78 is 21.0. The van der Waals surface area contributed by atoms with Crippen LogP contribution in [0.1, 0.15) is 10.5 Å². The lowest BCUT2D eigenvalue weighted by Gasteiger charge is -1.92. The Kier molecular flexibility index (Phi) is 2.13. The van der Waals surface area contributed by atoms with Gasteiger partial charge in [0.05, 0.1) is 5.51 Å². The van der Waals surface area contributed by atoms with Gasteiger partial charge in [-0.15, -0.1) is 11.3 Å². The Morgan fingerprint density at radius 3 is 2.58 bits per heavy atom. The van der Waals surface area contributed by atoms with Crippen molar-refractivity contribution in [3.63, 3.8) is 0 Å². The Labute approximate surface area is 71.7 Å². The van der Waals surface area contributed by atoms with E-state index in [1.54, 1.807) is 0 Å². The summed E-state index contributed by atoms with van der Waals surface area (Å²) in [5.74, 6) is -1.40. The lowest BCUT2D eigenvalue weighted by Crippen LogP contribution is -2.14. The van der Waals surface area contributed by atoms with Crippen LogP contribution >= 0.6 is 11.3 Å². The number of nitrogens with zero attached hydrogens (tertiary/aromatic N) is 1. The number of carboxylic acid groups (broad SMARTS) is 1. The van der Waals surface area contributed by atoms with Gasteiger partial charge < -0.3 is 5.11 Å². The van der Waals surface area contributed by atoms with Gasteiger partial charge >= 0.3 is 5.97 Å². The topological polar surface area (TPSA) is 110 Å². The van der Waals surface area contributed by atoms with Crippen molar-refractivity contribution in [2.45, 2.75) is 4.21 Å². The molecule has 12 heavy (non-hydrogen) atoms. The van der Waals surface area contributed by atoms with Crippen molar-refractivity contribution < 1.29 is 18.3 Å². The van der Waals surface area contributed by atoms with Crippen molar-refractivity contribution in [1.29, 1.82) is 0 Å². The van der Waals surface area contributed by atoms with Crippen LogP contribution < -0.4 is 5.14 Å². The molecule has 0 saturated carbocycles. The summed E-state index contributed by atoms with van der Waals surface area (Å²) in [6.45, 7) is 0. The first kappa shape index (κ1) is 9.10. The van der Waals surface area contributed by atoms with Gasteiger partial charge in [-0.25, -0.2) is 23.3 Å². The SMILES string of the molecule is NS(=O)(=O)c1scnc1C(=O)O. The zero-order valence-corrected chi connectivity index (χ0v) is 7.22. The van der Waals surface area contributed by atoms with E-state index in [1.807, 2.05) is 0 Å². The molecule has 3 N–H and O–H groups in total. The Balaban J connectivity index is 3.36. The van der Waals surface area contributed by atoms with Gasteiger partial charge in [0.25, 0.3) is 0 Å². The van der Waals surface area contributed by atoms with Crippen LogP contribution in [0.15, 0.2) is 9.72 Å². The maximum absolute atomic E-state index is 10.7. The molecule has 0 aromatic carbocycles. The first-order chi connectivity index (χ1) is 5.43. The number of thiazole rings is 1. The molecule has 0 amide bonds. The third kappa shape index (κ3) is 1.60. The van der Waals surface area contributed by atoms with Gasteiger partial charge in [0.2, 0.25) is 10.0 Å². The maximum Gasteiger partial charge on any atom is 0.356 e. The quantitative estimate of drug-likeness (QED) is 0.680. The summed E-state index contributed by atoms with van der Waals surface area (Å²) in [4.78, 5) is 13.7. The molecule has 0 aliphatic rings. The fourth-order valence-corrected chi connectivity index (χ4v) is 2.16. The summed E-state index contributed by atoms with van der Waals surface area (Å²) >= 11 is 0.680. The van der Waals surface area contributed by atoms with Crippen LogP contribution in [0.25, 0.3) is 0 Å². The summed E-state index contributed by atoms with van der Waals surface area (Å²) in [5, 5.41) is 13.2. The Hall–Kier alpha value is -0.990. The lowest BCUT2D eigenvalue weighted by molar-refractivity contribution is 0.0687. The predicted octanol–water partition coefficient (Wildman–Crippen LogP) is -0.511. The number of aromatic nitrogens is 1. The van der Waals surface area contributed by atoms with Crippen LogP contribution in [0, 0.1) is 0 Å². The molecule has 0 spiro atoms. The smallest absolute Gasteiger partial charge is 0.356 e. The van der Waals surface area contributed by atoms with Gasteiger partial charge in [0.1, 0.15) is 0 Å². The number of carboxylic acids is 1. The number of hydrogen-bond donors (Lipinski definition) is 2. The third-order valence-electron chi connectivity index (χ3n) is 0.996. The Bertz CT molecular complexity index is 406. The van der Waals surface area contributed by atoms with Crippen LogP contribution in [0.4, 0.5) is 0 Å². The van der Waals surface area contributed by atoms with Crippen molar-refractivity contribution in [2.75, 3.05) is 0 Å². The van der Waals surface area contributed by atoms with Crippen LogP contribution in [-0.4, -0.2) is 24.5 Å². The van der Waals surface area contributed by atoms with Gasteiger partial charge in [0, 0.05) is 0 Å². The van der Waals surface area contributed by atoms with Crippen molar-refractivity contribution in [1.82, 2.24) is 4.98 Å². The molecule has 0 unspecified atom stereocenters. The number of primary sulfonamides is 1. The number of carbonyl (C=O) groups is 1. The van der Waals surface area contributed by atoms with E-state index in [4.69, 9.17) is 10.2 Å². The zero-order valence-electron chi connectivity index (χ0n) is 5.59. The molecule has 0 radical (unpaired) electrons. The molecule has 6 nitrogen and oxygen atoms in total. The Morgan fingerprint density at radius 2 is 2.25 bits per heavy atom. The summed E-state index contributed by atoms with van der Waals surface area (Å²) in [7, 11) is -3.96. The molecule has 0 bridgehead atoms. The average molecular weight is 208 g/mol. The van der Waals surface area contributed by atoms with Crippen LogP contribution in [0.3, 0.4) is 0 Å². The zero-order chi connectivity index (χ0) is 9.35. The first-order valence-electron chi connectivity index (χ1n) is 2.62. The molecular weight excluding hydrogens is 204 g/mol. The second kappa shape index (κ2) is 2.81. The van der Waals surface area contributed by atoms with Crippen LogP contribution in [0.2, 0.25) is 0 Å². The van der Waals surface area contributed by atoms with Gasteiger partial charge in [-0.1, -0.05) is 0 Å². The molecule has 1 rings (SSSR count). The monoisotopic (exact) mass is 208 g/mol. The number of nitrogens with two attached hydrogens (primary N) is 1. The number of hydrogen-bond acceptors (Lipinski definition) is 5. The Morgan fingerprint density at radius 1 is 1.67 bits per heavy atom. The molecule has 0 saturated heterocycles. The molecule has 1 aromatic rings. The van der Waals surface area contributed by atoms with Crippen LogP contribution in [0.5, 0.6) is 0 Å². The molecule has 8 heteroatoms. The number of aromatic carboxylic acids is 1. The molecule has 0 fully saturated rings. The van der Waals surface area contributed by atoms with Crippen molar-refractivity contribution in [3.8, 4) is 0 Å². The fraction of sp³-hybridized carbons (Fsp3) is 0. The number of rotatable bonds is 2. The molecule has 0 atom stereocenters. The van der Waals surface area contributed by atoms with E-state index >= 15 is 0 Å². The van der Waals surface area contributed by atoms with Crippen molar-refractivity contribution in [2.24, 2.45) is 5.14 Å². The predicted molar refractivity (Wildman–Crippen MR) is 40.4 cm³/mol. The maximum atomic E-state index is 10.7. The average Bonchev–Trinajstić information content (AvgIpc) is 2.30. The van der Waals surface area contributed by atoms with Crippen molar-refractivity contribution in [3.05, 3.63) is 11.2 Å². The molecule has 1 heterocycles. The normalized spacial score (nSPS) is 11.4. The van der Waals surface area contributed by atoms with Gasteiger partial charge in [0.15, 0.2) is 9.90 Å². The first-order valence-corrected chi connectivity index (χ1v) is 5.05. The minimum absolute atomic E-state index is 0.421. The second-order valence-corrected chi connectivity index (χ2v) is 4.45. The highest BCUT2D eigenvalue weighted by atomic mass is 32.2. The van der Waals surface area contributed by atoms with E-state index in [-0.39, 0.29) is 0 Å². The van der Waals surface area contributed by atoms with E-state index in [1.165, 1.54) is 0 Å². The largest absolute Gasteiger partial charge is 0.476 e. The molecule has 66 valence electrons. The van der Waals surface area contributed by atoms with E-state index < -0.39 is 25.9 Å². The fourth-order valence-electron chi connectivity index (χ4n) is 0.580. The highest BCUT2D eigenvalue weighted by Crippen LogP contribution is 2.17. The van der Waals surface area contributed by atoms with E-state index in [2.05, 4.69) is 4.98 Å². The van der Waals surface area contributed by atoms with Gasteiger partial charge in [-0.3, -0.25) is 0 Å². The minimum atomic E-state index is -3.96. The van der Waals surface area contributed by atoms with Crippen LogP contribution in [-0.2, 0) is 10.0 Å². The summed E-state index contributed by atoms with van der Waals surface area (Å²) in [6, 6.07) is 0. The van der Waals surface area contributed by atoms with E-state index in [9.17, 15) is 13.2 Å². The molecular formula is C4H4N2O4S2. The lowest BCUT2D eigenvalue weighted by atomic mass is 10.5. The number of sulfonamides is 1. The standard InChI is InChI=1S/C4H4N2O4S2/c5-12(9,10)4-2(3(7)8)6-1-11-4/h1H,(H,7,8)(H2,5,9,10). The second-order valence-electron chi connectivity index (χ2n) is 1.84. The van der Waals surface area contributed by atoms with Gasteiger partial charge in [-0.2, -0.15) is 0 Å². The summed E-state index contributed by atoms with van der Waals surface area (Å²) in [5.41, 5.74) is 0.589. The third-order valence-corrected chi connectivity index (χ3v) is 3.31. The van der Waals surface area contributed by atoms with E-state index in [0.29, 0.717) is 11.3 Å². The molecule has 0 aliphatic heterocycles. The molecule has 1 aromatic heterocycles. The van der Waals surface area contributed by atoms with Crippen molar-refractivity contribution >= 4 is 27.3 Å². The molecule has 0 aliphatic carbocycles. The summed E-state index contributed by atoms with van der Waals surface area (Å²) in [6.07, 6.45) is 0.